The molecule has 1 aliphatic heterocycles. The summed E-state index contributed by atoms with van der Waals surface area (Å²) in [7, 11) is 0. The highest BCUT2D eigenvalue weighted by Crippen LogP contribution is 2.33. The lowest BCUT2D eigenvalue weighted by atomic mass is 9.88. The van der Waals surface area contributed by atoms with Crippen molar-refractivity contribution in [2.24, 2.45) is 0 Å². The summed E-state index contributed by atoms with van der Waals surface area (Å²) in [6.45, 7) is 6.06. The largest absolute Gasteiger partial charge is 0.444 e. The number of aliphatic hydroxyl groups is 2. The molecule has 0 spiro atoms. The molecule has 2 amide bonds. The van der Waals surface area contributed by atoms with Gasteiger partial charge in [0.2, 0.25) is 5.91 Å². The average molecular weight is 586 g/mol. The second kappa shape index (κ2) is 12.9. The van der Waals surface area contributed by atoms with Gasteiger partial charge in [-0.15, -0.1) is 0 Å². The van der Waals surface area contributed by atoms with Gasteiger partial charge in [-0.3, -0.25) is 9.69 Å². The number of hydrogen-bond acceptors (Lipinski definition) is 6. The third-order valence-corrected chi connectivity index (χ3v) is 8.45. The third kappa shape index (κ3) is 7.63. The molecule has 1 fully saturated rings. The molecular weight excluding hydrogens is 542 g/mol. The fraction of sp³-hybridized carbons (Fsp3) is 0.429. The molecule has 0 bridgehead atoms. The van der Waals surface area contributed by atoms with Crippen molar-refractivity contribution in [1.82, 2.24) is 15.5 Å². The normalized spacial score (nSPS) is 23.3. The maximum Gasteiger partial charge on any atom is 0.407 e. The Hall–Kier alpha value is -3.72. The van der Waals surface area contributed by atoms with Crippen LogP contribution in [0.15, 0.2) is 84.9 Å². The van der Waals surface area contributed by atoms with Crippen molar-refractivity contribution in [2.45, 2.75) is 81.9 Å². The number of nitrogens with zero attached hydrogens (tertiary/aromatic N) is 1. The van der Waals surface area contributed by atoms with Crippen molar-refractivity contribution in [3.63, 3.8) is 0 Å². The van der Waals surface area contributed by atoms with Gasteiger partial charge in [-0.25, -0.2) is 4.79 Å². The van der Waals surface area contributed by atoms with Crippen LogP contribution >= 0.6 is 0 Å². The van der Waals surface area contributed by atoms with Crippen LogP contribution < -0.4 is 10.6 Å². The minimum atomic E-state index is -1.30. The first kappa shape index (κ1) is 30.7. The van der Waals surface area contributed by atoms with E-state index in [4.69, 9.17) is 4.74 Å². The number of aliphatic hydroxyl groups excluding tert-OH is 1. The summed E-state index contributed by atoms with van der Waals surface area (Å²) in [5, 5.41) is 29.0. The van der Waals surface area contributed by atoms with Crippen LogP contribution in [0.2, 0.25) is 0 Å². The zero-order chi connectivity index (χ0) is 30.6. The molecule has 3 aromatic carbocycles. The van der Waals surface area contributed by atoms with Crippen molar-refractivity contribution < 1.29 is 24.5 Å². The average Bonchev–Trinajstić information content (AvgIpc) is 3.51. The lowest BCUT2D eigenvalue weighted by Crippen LogP contribution is -2.57. The minimum Gasteiger partial charge on any atom is -0.444 e. The lowest BCUT2D eigenvalue weighted by molar-refractivity contribution is -0.128. The Balaban J connectivity index is 1.38. The fourth-order valence-electron chi connectivity index (χ4n) is 6.29. The van der Waals surface area contributed by atoms with Gasteiger partial charge in [-0.1, -0.05) is 84.9 Å². The number of fused-ring (bicyclic) bond motifs is 1. The number of nitrogens with one attached hydrogen (secondary N) is 2. The summed E-state index contributed by atoms with van der Waals surface area (Å²) in [5.41, 5.74) is 1.95. The monoisotopic (exact) mass is 585 g/mol. The second-order valence-electron chi connectivity index (χ2n) is 12.9. The molecule has 1 heterocycles. The lowest BCUT2D eigenvalue weighted by Gasteiger charge is -2.35. The van der Waals surface area contributed by atoms with Crippen LogP contribution in [-0.4, -0.2) is 69.6 Å². The first-order valence-electron chi connectivity index (χ1n) is 15.1. The van der Waals surface area contributed by atoms with Gasteiger partial charge in [-0.05, 0) is 62.3 Å². The number of benzene rings is 3. The van der Waals surface area contributed by atoms with Crippen LogP contribution in [0.25, 0.3) is 0 Å². The van der Waals surface area contributed by atoms with Crippen molar-refractivity contribution in [3.8, 4) is 0 Å². The highest BCUT2D eigenvalue weighted by Gasteiger charge is 2.47. The van der Waals surface area contributed by atoms with Gasteiger partial charge in [-0.2, -0.15) is 0 Å². The van der Waals surface area contributed by atoms with E-state index in [-0.39, 0.29) is 12.5 Å². The number of hydrogen-bond donors (Lipinski definition) is 4. The van der Waals surface area contributed by atoms with Crippen molar-refractivity contribution in [3.05, 3.63) is 107 Å². The molecule has 0 radical (unpaired) electrons. The molecule has 5 rings (SSSR count). The van der Waals surface area contributed by atoms with E-state index in [1.54, 1.807) is 20.8 Å². The summed E-state index contributed by atoms with van der Waals surface area (Å²) in [5.74, 6) is -0.200. The van der Waals surface area contributed by atoms with Crippen LogP contribution in [0.5, 0.6) is 0 Å². The van der Waals surface area contributed by atoms with Crippen molar-refractivity contribution in [2.75, 3.05) is 13.1 Å². The standard InChI is InChI=1S/C35H43N3O5/c1-34(2,3)43-33(41)36-30(21-25-14-8-5-9-15-25)35(42)18-19-38(23-35)28(20-24-12-6-4-7-13-24)32(40)37-31-27-17-11-10-16-26(27)22-29(31)39/h4-17,28-31,39,42H,18-23H2,1-3H3,(H,36,41)(H,37,40)/t28-,29+,30-,31-,35+/m0/s1. The highest BCUT2D eigenvalue weighted by molar-refractivity contribution is 5.83. The molecule has 0 aromatic heterocycles. The molecule has 228 valence electrons. The number of rotatable bonds is 9. The van der Waals surface area contributed by atoms with E-state index in [0.717, 1.165) is 22.3 Å². The number of carbonyl (C=O) groups is 2. The van der Waals surface area contributed by atoms with Gasteiger partial charge in [0.05, 0.1) is 29.8 Å². The Labute approximate surface area is 254 Å². The van der Waals surface area contributed by atoms with Crippen molar-refractivity contribution in [1.29, 1.82) is 0 Å². The highest BCUT2D eigenvalue weighted by atomic mass is 16.6. The maximum atomic E-state index is 14.0. The molecule has 2 aliphatic rings. The second-order valence-corrected chi connectivity index (χ2v) is 12.9. The minimum absolute atomic E-state index is 0.190. The third-order valence-electron chi connectivity index (χ3n) is 8.45. The zero-order valence-electron chi connectivity index (χ0n) is 25.2. The van der Waals surface area contributed by atoms with Crippen LogP contribution in [0.3, 0.4) is 0 Å². The Morgan fingerprint density at radius 2 is 1.56 bits per heavy atom. The molecule has 1 aliphatic carbocycles. The molecule has 8 nitrogen and oxygen atoms in total. The summed E-state index contributed by atoms with van der Waals surface area (Å²) in [4.78, 5) is 28.9. The number of amides is 2. The molecule has 1 saturated heterocycles. The quantitative estimate of drug-likeness (QED) is 0.303. The van der Waals surface area contributed by atoms with E-state index in [0.29, 0.717) is 32.2 Å². The Morgan fingerprint density at radius 1 is 0.953 bits per heavy atom. The summed E-state index contributed by atoms with van der Waals surface area (Å²) < 4.78 is 5.55. The molecule has 0 unspecified atom stereocenters. The molecule has 4 N–H and O–H groups in total. The summed E-state index contributed by atoms with van der Waals surface area (Å²) >= 11 is 0. The fourth-order valence-corrected chi connectivity index (χ4v) is 6.29. The van der Waals surface area contributed by atoms with E-state index < -0.39 is 41.5 Å². The molecule has 43 heavy (non-hydrogen) atoms. The number of alkyl carbamates (subject to hydrolysis) is 1. The van der Waals surface area contributed by atoms with Gasteiger partial charge in [0, 0.05) is 19.5 Å². The Morgan fingerprint density at radius 3 is 2.21 bits per heavy atom. The first-order chi connectivity index (χ1) is 20.5. The van der Waals surface area contributed by atoms with Crippen molar-refractivity contribution >= 4 is 12.0 Å². The van der Waals surface area contributed by atoms with Gasteiger partial charge in [0.25, 0.3) is 0 Å². The Bertz CT molecular complexity index is 1390. The van der Waals surface area contributed by atoms with E-state index in [1.807, 2.05) is 89.8 Å². The molecule has 3 aromatic rings. The maximum absolute atomic E-state index is 14.0. The molecule has 5 atom stereocenters. The van der Waals surface area contributed by atoms with E-state index in [2.05, 4.69) is 10.6 Å². The molecule has 8 heteroatoms. The van der Waals surface area contributed by atoms with E-state index in [9.17, 15) is 19.8 Å². The SMILES string of the molecule is CC(C)(C)OC(=O)N[C@@H](Cc1ccccc1)[C@@]1(O)CCN([C@@H](Cc2ccccc2)C(=O)N[C@H]2c3ccccc3C[C@H]2O)C1. The molecule has 0 saturated carbocycles. The molecular formula is C35H43N3O5. The Kier molecular flexibility index (Phi) is 9.20. The van der Waals surface area contributed by atoms with Gasteiger partial charge < -0.3 is 25.6 Å². The smallest absolute Gasteiger partial charge is 0.407 e. The number of β-amino-alcohol motifs (C(OH)–C–C–N with tert-alkyl or cyclic N) is 1. The van der Waals surface area contributed by atoms with Crippen LogP contribution in [-0.2, 0) is 28.8 Å². The summed E-state index contributed by atoms with van der Waals surface area (Å²) in [6, 6.07) is 25.6. The number of likely N-dealkylation sites (tertiary alicyclic amines) is 1. The predicted octanol–water partition coefficient (Wildman–Crippen LogP) is 3.95. The van der Waals surface area contributed by atoms with Gasteiger partial charge >= 0.3 is 6.09 Å². The van der Waals surface area contributed by atoms with Crippen LogP contribution in [0, 0.1) is 0 Å². The number of ether oxygens (including phenoxy) is 1. The number of carbonyl (C=O) groups excluding carboxylic acids is 2. The topological polar surface area (TPSA) is 111 Å². The van der Waals surface area contributed by atoms with Crippen LogP contribution in [0.1, 0.15) is 55.5 Å². The first-order valence-corrected chi connectivity index (χ1v) is 15.1. The van der Waals surface area contributed by atoms with E-state index in [1.165, 1.54) is 0 Å². The van der Waals surface area contributed by atoms with Gasteiger partial charge in [0.1, 0.15) is 5.60 Å². The van der Waals surface area contributed by atoms with Gasteiger partial charge in [0.15, 0.2) is 0 Å². The zero-order valence-corrected chi connectivity index (χ0v) is 25.2. The van der Waals surface area contributed by atoms with E-state index >= 15 is 0 Å². The summed E-state index contributed by atoms with van der Waals surface area (Å²) in [6.07, 6.45) is 0.413. The van der Waals surface area contributed by atoms with Crippen LogP contribution in [0.4, 0.5) is 4.79 Å². The predicted molar refractivity (Wildman–Crippen MR) is 165 cm³/mol.